The third kappa shape index (κ3) is 2.91. The van der Waals surface area contributed by atoms with Crippen LogP contribution in [-0.2, 0) is 16.6 Å². The number of rotatable bonds is 5. The molecule has 2 aromatic rings. The van der Waals surface area contributed by atoms with Crippen LogP contribution in [0.1, 0.15) is 5.76 Å². The molecule has 0 spiro atoms. The second-order valence-electron chi connectivity index (χ2n) is 3.66. The first-order valence-corrected chi connectivity index (χ1v) is 6.90. The number of hydrogen-bond acceptors (Lipinski definition) is 4. The lowest BCUT2D eigenvalue weighted by Gasteiger charge is -2.06. The van der Waals surface area contributed by atoms with Crippen LogP contribution in [0.25, 0.3) is 0 Å². The first kappa shape index (κ1) is 12.7. The minimum absolute atomic E-state index is 0.244. The van der Waals surface area contributed by atoms with Crippen molar-refractivity contribution in [3.63, 3.8) is 0 Å². The number of nitrogens with one attached hydrogen (secondary N) is 2. The molecule has 0 fully saturated rings. The maximum Gasteiger partial charge on any atom is 0.240 e. The zero-order chi connectivity index (χ0) is 13.0. The summed E-state index contributed by atoms with van der Waals surface area (Å²) in [7, 11) is -1.98. The molecule has 2 rings (SSSR count). The van der Waals surface area contributed by atoms with Gasteiger partial charge in [-0.15, -0.1) is 0 Å². The van der Waals surface area contributed by atoms with Gasteiger partial charge < -0.3 is 9.73 Å². The monoisotopic (exact) mass is 266 g/mol. The van der Waals surface area contributed by atoms with Crippen molar-refractivity contribution in [2.75, 3.05) is 12.4 Å². The Morgan fingerprint density at radius 2 is 1.89 bits per heavy atom. The predicted octanol–water partition coefficient (Wildman–Crippen LogP) is 1.80. The summed E-state index contributed by atoms with van der Waals surface area (Å²) in [5.74, 6) is 0.821. The van der Waals surface area contributed by atoms with Crippen LogP contribution in [0.15, 0.2) is 52.0 Å². The average Bonchev–Trinajstić information content (AvgIpc) is 2.90. The van der Waals surface area contributed by atoms with Gasteiger partial charge in [0.05, 0.1) is 17.7 Å². The molecule has 2 N–H and O–H groups in total. The van der Waals surface area contributed by atoms with Crippen LogP contribution in [0.4, 0.5) is 5.69 Å². The maximum absolute atomic E-state index is 11.5. The van der Waals surface area contributed by atoms with E-state index in [0.29, 0.717) is 6.54 Å². The summed E-state index contributed by atoms with van der Waals surface area (Å²) in [6, 6.07) is 10.2. The molecule has 1 heterocycles. The highest BCUT2D eigenvalue weighted by molar-refractivity contribution is 7.89. The van der Waals surface area contributed by atoms with Crippen molar-refractivity contribution < 1.29 is 12.8 Å². The summed E-state index contributed by atoms with van der Waals surface area (Å²) in [5.41, 5.74) is 0.835. The van der Waals surface area contributed by atoms with Gasteiger partial charge in [0, 0.05) is 5.69 Å². The van der Waals surface area contributed by atoms with Gasteiger partial charge in [-0.25, -0.2) is 13.1 Å². The number of benzene rings is 1. The van der Waals surface area contributed by atoms with Gasteiger partial charge in [-0.2, -0.15) is 0 Å². The quantitative estimate of drug-likeness (QED) is 0.865. The normalized spacial score (nSPS) is 11.4. The van der Waals surface area contributed by atoms with Crippen molar-refractivity contribution in [2.24, 2.45) is 0 Å². The van der Waals surface area contributed by atoms with Crippen molar-refractivity contribution in [1.82, 2.24) is 4.72 Å². The third-order valence-electron chi connectivity index (χ3n) is 2.48. The molecular weight excluding hydrogens is 252 g/mol. The fraction of sp³-hybridized carbons (Fsp3) is 0.167. The predicted molar refractivity (Wildman–Crippen MR) is 68.7 cm³/mol. The summed E-state index contributed by atoms with van der Waals surface area (Å²) < 4.78 is 30.5. The lowest BCUT2D eigenvalue weighted by molar-refractivity contribution is 0.518. The number of anilines is 1. The van der Waals surface area contributed by atoms with E-state index in [-0.39, 0.29) is 4.90 Å². The van der Waals surface area contributed by atoms with Crippen molar-refractivity contribution in [2.45, 2.75) is 11.4 Å². The molecule has 0 aliphatic heterocycles. The van der Waals surface area contributed by atoms with E-state index in [2.05, 4.69) is 10.0 Å². The summed E-state index contributed by atoms with van der Waals surface area (Å²) in [6.07, 6.45) is 1.61. The molecule has 0 amide bonds. The van der Waals surface area contributed by atoms with Crippen molar-refractivity contribution >= 4 is 15.7 Å². The second kappa shape index (κ2) is 5.24. The maximum atomic E-state index is 11.5. The first-order valence-electron chi connectivity index (χ1n) is 5.42. The van der Waals surface area contributed by atoms with Gasteiger partial charge >= 0.3 is 0 Å². The molecule has 0 saturated heterocycles. The van der Waals surface area contributed by atoms with Crippen molar-refractivity contribution in [3.8, 4) is 0 Å². The molecule has 1 aromatic heterocycles. The Kier molecular flexibility index (Phi) is 3.69. The molecule has 18 heavy (non-hydrogen) atoms. The minimum Gasteiger partial charge on any atom is -0.467 e. The largest absolute Gasteiger partial charge is 0.467 e. The van der Waals surface area contributed by atoms with Crippen LogP contribution >= 0.6 is 0 Å². The van der Waals surface area contributed by atoms with E-state index in [0.717, 1.165) is 11.4 Å². The molecule has 0 atom stereocenters. The van der Waals surface area contributed by atoms with Crippen molar-refractivity contribution in [3.05, 3.63) is 48.4 Å². The van der Waals surface area contributed by atoms with Gasteiger partial charge in [-0.1, -0.05) is 0 Å². The molecular formula is C12H14N2O3S. The average molecular weight is 266 g/mol. The Balaban J connectivity index is 2.04. The van der Waals surface area contributed by atoms with E-state index in [1.54, 1.807) is 30.5 Å². The van der Waals surface area contributed by atoms with Gasteiger partial charge in [0.15, 0.2) is 0 Å². The van der Waals surface area contributed by atoms with E-state index >= 15 is 0 Å². The fourth-order valence-corrected chi connectivity index (χ4v) is 2.20. The molecule has 96 valence electrons. The van der Waals surface area contributed by atoms with E-state index in [1.807, 2.05) is 12.1 Å². The van der Waals surface area contributed by atoms with E-state index in [4.69, 9.17) is 4.42 Å². The van der Waals surface area contributed by atoms with Crippen LogP contribution in [0.2, 0.25) is 0 Å². The van der Waals surface area contributed by atoms with Gasteiger partial charge in [0.2, 0.25) is 10.0 Å². The Labute approximate surface area is 106 Å². The highest BCUT2D eigenvalue weighted by atomic mass is 32.2. The fourth-order valence-electron chi connectivity index (χ4n) is 1.47. The van der Waals surface area contributed by atoms with E-state index < -0.39 is 10.0 Å². The molecule has 0 aliphatic rings. The molecule has 1 aromatic carbocycles. The lowest BCUT2D eigenvalue weighted by Crippen LogP contribution is -2.18. The Morgan fingerprint density at radius 3 is 2.44 bits per heavy atom. The summed E-state index contributed by atoms with van der Waals surface area (Å²) >= 11 is 0. The van der Waals surface area contributed by atoms with Crippen molar-refractivity contribution in [1.29, 1.82) is 0 Å². The number of furan rings is 1. The zero-order valence-electron chi connectivity index (χ0n) is 9.88. The molecule has 0 aliphatic carbocycles. The van der Waals surface area contributed by atoms with Gasteiger partial charge in [-0.3, -0.25) is 0 Å². The molecule has 0 radical (unpaired) electrons. The Morgan fingerprint density at radius 1 is 1.17 bits per heavy atom. The molecule has 6 heteroatoms. The minimum atomic E-state index is -3.37. The molecule has 0 unspecified atom stereocenters. The van der Waals surface area contributed by atoms with E-state index in [9.17, 15) is 8.42 Å². The topological polar surface area (TPSA) is 71.3 Å². The highest BCUT2D eigenvalue weighted by Crippen LogP contribution is 2.14. The SMILES string of the molecule is CNS(=O)(=O)c1ccc(NCc2ccco2)cc1. The molecule has 0 bridgehead atoms. The van der Waals surface area contributed by atoms with Crippen LogP contribution in [-0.4, -0.2) is 15.5 Å². The smallest absolute Gasteiger partial charge is 0.240 e. The van der Waals surface area contributed by atoms with Crippen LogP contribution < -0.4 is 10.0 Å². The first-order chi connectivity index (χ1) is 8.62. The Hall–Kier alpha value is -1.79. The standard InChI is InChI=1S/C12H14N2O3S/c1-13-18(15,16)12-6-4-10(5-7-12)14-9-11-3-2-8-17-11/h2-8,13-14H,9H2,1H3. The lowest BCUT2D eigenvalue weighted by atomic mass is 10.3. The summed E-state index contributed by atoms with van der Waals surface area (Å²) in [4.78, 5) is 0.244. The number of sulfonamides is 1. The van der Waals surface area contributed by atoms with Gasteiger partial charge in [0.1, 0.15) is 5.76 Å². The van der Waals surface area contributed by atoms with Gasteiger partial charge in [0.25, 0.3) is 0 Å². The van der Waals surface area contributed by atoms with Crippen LogP contribution in [0.3, 0.4) is 0 Å². The third-order valence-corrected chi connectivity index (χ3v) is 3.91. The van der Waals surface area contributed by atoms with Crippen LogP contribution in [0, 0.1) is 0 Å². The molecule has 5 nitrogen and oxygen atoms in total. The van der Waals surface area contributed by atoms with E-state index in [1.165, 1.54) is 7.05 Å². The van der Waals surface area contributed by atoms with Gasteiger partial charge in [-0.05, 0) is 43.4 Å². The highest BCUT2D eigenvalue weighted by Gasteiger charge is 2.10. The molecule has 0 saturated carbocycles. The summed E-state index contributed by atoms with van der Waals surface area (Å²) in [5, 5.41) is 3.13. The van der Waals surface area contributed by atoms with Crippen LogP contribution in [0.5, 0.6) is 0 Å². The zero-order valence-corrected chi connectivity index (χ0v) is 10.7. The second-order valence-corrected chi connectivity index (χ2v) is 5.55. The number of hydrogen-bond donors (Lipinski definition) is 2. The summed E-state index contributed by atoms with van der Waals surface area (Å²) in [6.45, 7) is 0.561. The Bertz CT molecular complexity index is 589.